The van der Waals surface area contributed by atoms with E-state index in [0.717, 1.165) is 5.69 Å². The van der Waals surface area contributed by atoms with Crippen molar-refractivity contribution in [2.75, 3.05) is 11.5 Å². The van der Waals surface area contributed by atoms with E-state index in [9.17, 15) is 13.2 Å². The molecule has 2 aromatic rings. The minimum absolute atomic E-state index is 0.0842. The van der Waals surface area contributed by atoms with Gasteiger partial charge in [0.05, 0.1) is 41.0 Å². The highest BCUT2D eigenvalue weighted by molar-refractivity contribution is 7.91. The summed E-state index contributed by atoms with van der Waals surface area (Å²) in [6, 6.07) is 5.12. The zero-order valence-corrected chi connectivity index (χ0v) is 14.5. The topological polar surface area (TPSA) is 93.9 Å². The van der Waals surface area contributed by atoms with Gasteiger partial charge in [0.1, 0.15) is 0 Å². The molecule has 0 bridgehead atoms. The summed E-state index contributed by atoms with van der Waals surface area (Å²) >= 11 is 0. The average Bonchev–Trinajstić information content (AvgIpc) is 3.10. The molecule has 2 atom stereocenters. The summed E-state index contributed by atoms with van der Waals surface area (Å²) in [7, 11) is -3.00. The van der Waals surface area contributed by atoms with Gasteiger partial charge in [-0.2, -0.15) is 5.10 Å². The second kappa shape index (κ2) is 6.35. The van der Waals surface area contributed by atoms with Crippen LogP contribution in [-0.4, -0.2) is 40.6 Å². The molecule has 1 aliphatic heterocycles. The van der Waals surface area contributed by atoms with Gasteiger partial charge in [-0.25, -0.2) is 8.42 Å². The minimum Gasteiger partial charge on any atom is -0.344 e. The van der Waals surface area contributed by atoms with E-state index in [2.05, 4.69) is 15.4 Å². The maximum atomic E-state index is 12.5. The van der Waals surface area contributed by atoms with Crippen LogP contribution in [0.2, 0.25) is 0 Å². The standard InChI is InChI=1S/C16H20N4O3S/c1-11(15-5-3-4-7-17-15)19-16(21)14-9-18-20(12(14)2)13-6-8-24(22,23)10-13/h3-5,7,9,11,13H,6,8,10H2,1-2H3,(H,19,21). The SMILES string of the molecule is Cc1c(C(=O)NC(C)c2ccccn2)cnn1C1CCS(=O)(=O)C1. The van der Waals surface area contributed by atoms with Gasteiger partial charge in [0, 0.05) is 11.9 Å². The minimum atomic E-state index is -3.00. The van der Waals surface area contributed by atoms with E-state index in [1.54, 1.807) is 17.8 Å². The zero-order chi connectivity index (χ0) is 17.3. The van der Waals surface area contributed by atoms with Crippen molar-refractivity contribution < 1.29 is 13.2 Å². The Bertz CT molecular complexity index is 845. The van der Waals surface area contributed by atoms with Crippen molar-refractivity contribution in [1.29, 1.82) is 0 Å². The van der Waals surface area contributed by atoms with Crippen molar-refractivity contribution in [3.05, 3.63) is 47.5 Å². The van der Waals surface area contributed by atoms with Crippen molar-refractivity contribution >= 4 is 15.7 Å². The van der Waals surface area contributed by atoms with Crippen LogP contribution in [-0.2, 0) is 9.84 Å². The van der Waals surface area contributed by atoms with Gasteiger partial charge < -0.3 is 5.32 Å². The Morgan fingerprint density at radius 2 is 2.21 bits per heavy atom. The molecule has 1 saturated heterocycles. The molecule has 128 valence electrons. The first-order valence-electron chi connectivity index (χ1n) is 7.84. The Balaban J connectivity index is 1.75. The van der Waals surface area contributed by atoms with Gasteiger partial charge in [0.2, 0.25) is 0 Å². The van der Waals surface area contributed by atoms with E-state index in [4.69, 9.17) is 0 Å². The molecule has 1 fully saturated rings. The molecule has 2 unspecified atom stereocenters. The van der Waals surface area contributed by atoms with Gasteiger partial charge in [-0.3, -0.25) is 14.5 Å². The molecule has 3 heterocycles. The van der Waals surface area contributed by atoms with E-state index in [1.165, 1.54) is 6.20 Å². The monoisotopic (exact) mass is 348 g/mol. The molecule has 2 aromatic heterocycles. The van der Waals surface area contributed by atoms with Crippen LogP contribution in [0.3, 0.4) is 0 Å². The third-order valence-electron chi connectivity index (χ3n) is 4.32. The lowest BCUT2D eigenvalue weighted by atomic mass is 10.1. The highest BCUT2D eigenvalue weighted by atomic mass is 32.2. The summed E-state index contributed by atoms with van der Waals surface area (Å²) < 4.78 is 24.9. The van der Waals surface area contributed by atoms with Crippen LogP contribution in [0.25, 0.3) is 0 Å². The zero-order valence-electron chi connectivity index (χ0n) is 13.6. The molecule has 7 nitrogen and oxygen atoms in total. The Morgan fingerprint density at radius 3 is 2.83 bits per heavy atom. The van der Waals surface area contributed by atoms with Crippen molar-refractivity contribution in [3.8, 4) is 0 Å². The first-order chi connectivity index (χ1) is 11.4. The Hall–Kier alpha value is -2.22. The molecule has 0 radical (unpaired) electrons. The van der Waals surface area contributed by atoms with E-state index in [0.29, 0.717) is 17.7 Å². The lowest BCUT2D eigenvalue weighted by Gasteiger charge is -2.14. The summed E-state index contributed by atoms with van der Waals surface area (Å²) in [4.78, 5) is 16.7. The van der Waals surface area contributed by atoms with E-state index < -0.39 is 9.84 Å². The Kier molecular flexibility index (Phi) is 4.40. The van der Waals surface area contributed by atoms with Gasteiger partial charge in [0.15, 0.2) is 9.84 Å². The molecule has 1 N–H and O–H groups in total. The molecular formula is C16H20N4O3S. The van der Waals surface area contributed by atoms with Crippen LogP contribution in [0, 0.1) is 6.92 Å². The fourth-order valence-electron chi connectivity index (χ4n) is 2.96. The normalized spacial score (nSPS) is 20.7. The van der Waals surface area contributed by atoms with E-state index in [1.807, 2.05) is 25.1 Å². The number of carbonyl (C=O) groups is 1. The molecule has 1 aliphatic rings. The highest BCUT2D eigenvalue weighted by Gasteiger charge is 2.31. The second-order valence-corrected chi connectivity index (χ2v) is 8.32. The number of nitrogens with zero attached hydrogens (tertiary/aromatic N) is 3. The quantitative estimate of drug-likeness (QED) is 0.902. The van der Waals surface area contributed by atoms with Crippen LogP contribution < -0.4 is 5.32 Å². The highest BCUT2D eigenvalue weighted by Crippen LogP contribution is 2.25. The first kappa shape index (κ1) is 16.6. The Morgan fingerprint density at radius 1 is 1.42 bits per heavy atom. The van der Waals surface area contributed by atoms with E-state index in [-0.39, 0.29) is 29.5 Å². The summed E-state index contributed by atoms with van der Waals surface area (Å²) in [6.07, 6.45) is 3.72. The largest absolute Gasteiger partial charge is 0.344 e. The smallest absolute Gasteiger partial charge is 0.255 e. The van der Waals surface area contributed by atoms with Crippen LogP contribution in [0.5, 0.6) is 0 Å². The molecule has 0 aliphatic carbocycles. The number of carbonyl (C=O) groups excluding carboxylic acids is 1. The number of sulfone groups is 1. The average molecular weight is 348 g/mol. The van der Waals surface area contributed by atoms with E-state index >= 15 is 0 Å². The van der Waals surface area contributed by atoms with Crippen molar-refractivity contribution in [2.45, 2.75) is 32.4 Å². The van der Waals surface area contributed by atoms with Crippen molar-refractivity contribution in [2.24, 2.45) is 0 Å². The predicted octanol–water partition coefficient (Wildman–Crippen LogP) is 1.44. The number of hydrogen-bond acceptors (Lipinski definition) is 5. The van der Waals surface area contributed by atoms with Crippen LogP contribution >= 0.6 is 0 Å². The third kappa shape index (κ3) is 3.33. The Labute approximate surface area is 141 Å². The van der Waals surface area contributed by atoms with Gasteiger partial charge in [-0.05, 0) is 32.4 Å². The number of amides is 1. The van der Waals surface area contributed by atoms with Crippen LogP contribution in [0.15, 0.2) is 30.6 Å². The van der Waals surface area contributed by atoms with Crippen molar-refractivity contribution in [3.63, 3.8) is 0 Å². The lowest BCUT2D eigenvalue weighted by Crippen LogP contribution is -2.27. The van der Waals surface area contributed by atoms with Gasteiger partial charge >= 0.3 is 0 Å². The van der Waals surface area contributed by atoms with Crippen LogP contribution in [0.1, 0.15) is 47.2 Å². The maximum Gasteiger partial charge on any atom is 0.255 e. The molecule has 8 heteroatoms. The molecule has 3 rings (SSSR count). The van der Waals surface area contributed by atoms with Gasteiger partial charge in [-0.1, -0.05) is 6.07 Å². The lowest BCUT2D eigenvalue weighted by molar-refractivity contribution is 0.0938. The van der Waals surface area contributed by atoms with Crippen LogP contribution in [0.4, 0.5) is 0 Å². The molecule has 0 spiro atoms. The third-order valence-corrected chi connectivity index (χ3v) is 6.07. The number of nitrogens with one attached hydrogen (secondary N) is 1. The number of pyridine rings is 1. The summed E-state index contributed by atoms with van der Waals surface area (Å²) in [5.74, 6) is 0.0219. The molecular weight excluding hydrogens is 328 g/mol. The molecule has 0 aromatic carbocycles. The number of hydrogen-bond donors (Lipinski definition) is 1. The molecule has 1 amide bonds. The molecule has 24 heavy (non-hydrogen) atoms. The maximum absolute atomic E-state index is 12.5. The first-order valence-corrected chi connectivity index (χ1v) is 9.66. The fraction of sp³-hybridized carbons (Fsp3) is 0.438. The summed E-state index contributed by atoms with van der Waals surface area (Å²) in [6.45, 7) is 3.65. The fourth-order valence-corrected chi connectivity index (χ4v) is 4.66. The number of aromatic nitrogens is 3. The van der Waals surface area contributed by atoms with Gasteiger partial charge in [-0.15, -0.1) is 0 Å². The van der Waals surface area contributed by atoms with Crippen molar-refractivity contribution in [1.82, 2.24) is 20.1 Å². The second-order valence-electron chi connectivity index (χ2n) is 6.09. The predicted molar refractivity (Wildman–Crippen MR) is 89.4 cm³/mol. The number of rotatable bonds is 4. The summed E-state index contributed by atoms with van der Waals surface area (Å²) in [5.41, 5.74) is 1.92. The molecule has 0 saturated carbocycles. The summed E-state index contributed by atoms with van der Waals surface area (Å²) in [5, 5.41) is 7.14. The van der Waals surface area contributed by atoms with Gasteiger partial charge in [0.25, 0.3) is 5.91 Å².